The van der Waals surface area contributed by atoms with Crippen LogP contribution in [-0.4, -0.2) is 38.3 Å². The van der Waals surface area contributed by atoms with Crippen LogP contribution in [0, 0.1) is 0 Å². The number of hydrogen-bond donors (Lipinski definition) is 2. The van der Waals surface area contributed by atoms with Gasteiger partial charge in [-0.1, -0.05) is 6.07 Å². The van der Waals surface area contributed by atoms with E-state index in [0.29, 0.717) is 0 Å². The number of carboxylic acids is 1. The van der Waals surface area contributed by atoms with Gasteiger partial charge in [-0.25, -0.2) is 4.79 Å². The van der Waals surface area contributed by atoms with E-state index in [1.54, 1.807) is 0 Å². The van der Waals surface area contributed by atoms with E-state index in [9.17, 15) is 19.5 Å². The van der Waals surface area contributed by atoms with Gasteiger partial charge in [-0.2, -0.15) is 0 Å². The first-order chi connectivity index (χ1) is 9.99. The number of ketones is 1. The Labute approximate surface area is 128 Å². The van der Waals surface area contributed by atoms with Crippen LogP contribution in [0.4, 0.5) is 0 Å². The number of hydrogen-bond acceptors (Lipinski definition) is 6. The van der Waals surface area contributed by atoms with Crippen molar-refractivity contribution in [3.05, 3.63) is 33.8 Å². The largest absolute Gasteiger partial charge is 0.477 e. The Kier molecular flexibility index (Phi) is 3.50. The molecule has 0 aromatic carbocycles. The van der Waals surface area contributed by atoms with Crippen LogP contribution < -0.4 is 5.73 Å². The molecule has 0 spiro atoms. The van der Waals surface area contributed by atoms with E-state index in [4.69, 9.17) is 5.73 Å². The second-order valence-electron chi connectivity index (χ2n) is 4.77. The van der Waals surface area contributed by atoms with Gasteiger partial charge in [-0.3, -0.25) is 14.5 Å². The van der Waals surface area contributed by atoms with Crippen molar-refractivity contribution in [3.8, 4) is 0 Å². The molecular weight excluding hydrogens is 312 g/mol. The van der Waals surface area contributed by atoms with Crippen molar-refractivity contribution < 1.29 is 19.5 Å². The van der Waals surface area contributed by atoms with Crippen LogP contribution in [0.5, 0.6) is 0 Å². The molecule has 110 valence electrons. The van der Waals surface area contributed by atoms with E-state index in [-0.39, 0.29) is 41.3 Å². The SMILES string of the molecule is NC1=C(C(=O)O)N2C(=O)CC2SC1C(=O)Cc1cccs1. The Morgan fingerprint density at radius 1 is 1.48 bits per heavy atom. The Hall–Kier alpha value is -1.80. The third-order valence-corrected chi connectivity index (χ3v) is 5.78. The summed E-state index contributed by atoms with van der Waals surface area (Å²) in [6.07, 6.45) is 0.473. The molecule has 0 radical (unpaired) electrons. The zero-order valence-corrected chi connectivity index (χ0v) is 12.4. The molecule has 2 aliphatic rings. The van der Waals surface area contributed by atoms with Crippen LogP contribution in [0.3, 0.4) is 0 Å². The van der Waals surface area contributed by atoms with Gasteiger partial charge in [0.25, 0.3) is 0 Å². The van der Waals surface area contributed by atoms with Gasteiger partial charge in [0.2, 0.25) is 5.91 Å². The minimum Gasteiger partial charge on any atom is -0.477 e. The molecule has 2 unspecified atom stereocenters. The summed E-state index contributed by atoms with van der Waals surface area (Å²) < 4.78 is 0. The standard InChI is InChI=1S/C13H12N2O4S2/c14-10-11(13(18)19)15-8(17)5-9(15)21-12(10)7(16)4-6-2-1-3-20-6/h1-3,9,12H,4-5,14H2,(H,18,19). The van der Waals surface area contributed by atoms with Gasteiger partial charge >= 0.3 is 5.97 Å². The van der Waals surface area contributed by atoms with Gasteiger partial charge in [0.15, 0.2) is 11.5 Å². The second-order valence-corrected chi connectivity index (χ2v) is 7.09. The average molecular weight is 324 g/mol. The molecule has 21 heavy (non-hydrogen) atoms. The first kappa shape index (κ1) is 14.2. The van der Waals surface area contributed by atoms with Crippen LogP contribution in [0.15, 0.2) is 28.9 Å². The highest BCUT2D eigenvalue weighted by Crippen LogP contribution is 2.43. The van der Waals surface area contributed by atoms with E-state index in [0.717, 1.165) is 4.88 Å². The van der Waals surface area contributed by atoms with Gasteiger partial charge < -0.3 is 10.8 Å². The summed E-state index contributed by atoms with van der Waals surface area (Å²) in [6.45, 7) is 0. The monoisotopic (exact) mass is 324 g/mol. The van der Waals surface area contributed by atoms with E-state index in [1.165, 1.54) is 28.0 Å². The number of fused-ring (bicyclic) bond motifs is 1. The summed E-state index contributed by atoms with van der Waals surface area (Å²) in [4.78, 5) is 37.3. The number of thioether (sulfide) groups is 1. The van der Waals surface area contributed by atoms with Crippen molar-refractivity contribution in [3.63, 3.8) is 0 Å². The molecule has 8 heteroatoms. The number of rotatable bonds is 4. The summed E-state index contributed by atoms with van der Waals surface area (Å²) in [7, 11) is 0. The number of nitrogens with two attached hydrogens (primary N) is 1. The molecule has 1 fully saturated rings. The zero-order valence-electron chi connectivity index (χ0n) is 10.8. The third-order valence-electron chi connectivity index (χ3n) is 3.42. The maximum atomic E-state index is 12.4. The van der Waals surface area contributed by atoms with E-state index >= 15 is 0 Å². The number of carboxylic acid groups (broad SMARTS) is 1. The number of Topliss-reactive ketones (excluding diaryl/α,β-unsaturated/α-hetero) is 1. The minimum absolute atomic E-state index is 0.0293. The molecular formula is C13H12N2O4S2. The maximum Gasteiger partial charge on any atom is 0.354 e. The number of nitrogens with zero attached hydrogens (tertiary/aromatic N) is 1. The van der Waals surface area contributed by atoms with Crippen LogP contribution in [-0.2, 0) is 20.8 Å². The van der Waals surface area contributed by atoms with Crippen LogP contribution in [0.2, 0.25) is 0 Å². The van der Waals surface area contributed by atoms with Crippen molar-refractivity contribution in [2.24, 2.45) is 5.73 Å². The van der Waals surface area contributed by atoms with Crippen molar-refractivity contribution >= 4 is 40.8 Å². The summed E-state index contributed by atoms with van der Waals surface area (Å²) in [5.74, 6) is -1.66. The highest BCUT2D eigenvalue weighted by Gasteiger charge is 2.49. The number of thiophene rings is 1. The lowest BCUT2D eigenvalue weighted by Gasteiger charge is -2.45. The topological polar surface area (TPSA) is 101 Å². The molecule has 0 saturated carbocycles. The lowest BCUT2D eigenvalue weighted by Crippen LogP contribution is -2.57. The second kappa shape index (κ2) is 5.19. The smallest absolute Gasteiger partial charge is 0.354 e. The molecule has 0 bridgehead atoms. The zero-order chi connectivity index (χ0) is 15.1. The number of β-lactam (4-membered cyclic amide) rings is 1. The van der Waals surface area contributed by atoms with Crippen LogP contribution in [0.25, 0.3) is 0 Å². The maximum absolute atomic E-state index is 12.4. The summed E-state index contributed by atoms with van der Waals surface area (Å²) in [5.41, 5.74) is 5.60. The molecule has 1 aromatic rings. The fourth-order valence-electron chi connectivity index (χ4n) is 2.41. The predicted octanol–water partition coefficient (Wildman–Crippen LogP) is 0.788. The van der Waals surface area contributed by atoms with Crippen molar-refractivity contribution in [2.75, 3.05) is 0 Å². The molecule has 0 aliphatic carbocycles. The Morgan fingerprint density at radius 3 is 2.81 bits per heavy atom. The minimum atomic E-state index is -1.26. The lowest BCUT2D eigenvalue weighted by molar-refractivity contribution is -0.146. The number of carbonyl (C=O) groups excluding carboxylic acids is 2. The van der Waals surface area contributed by atoms with Crippen LogP contribution >= 0.6 is 23.1 Å². The fourth-order valence-corrected chi connectivity index (χ4v) is 4.52. The quantitative estimate of drug-likeness (QED) is 0.794. The van der Waals surface area contributed by atoms with Gasteiger partial charge in [0.1, 0.15) is 5.25 Å². The molecule has 1 saturated heterocycles. The Bertz CT molecular complexity index is 653. The van der Waals surface area contributed by atoms with Crippen molar-refractivity contribution in [1.29, 1.82) is 0 Å². The van der Waals surface area contributed by atoms with Gasteiger partial charge in [-0.05, 0) is 11.4 Å². The number of aliphatic carboxylic acids is 1. The molecule has 3 heterocycles. The van der Waals surface area contributed by atoms with E-state index in [1.807, 2.05) is 17.5 Å². The molecule has 2 aliphatic heterocycles. The van der Waals surface area contributed by atoms with Gasteiger partial charge in [0.05, 0.1) is 17.5 Å². The molecule has 6 nitrogen and oxygen atoms in total. The highest BCUT2D eigenvalue weighted by atomic mass is 32.2. The average Bonchev–Trinajstić information content (AvgIpc) is 2.91. The molecule has 2 atom stereocenters. The van der Waals surface area contributed by atoms with Crippen molar-refractivity contribution in [1.82, 2.24) is 4.90 Å². The first-order valence-electron chi connectivity index (χ1n) is 6.24. The molecule has 1 aromatic heterocycles. The highest BCUT2D eigenvalue weighted by molar-refractivity contribution is 8.01. The molecule has 1 amide bonds. The Balaban J connectivity index is 1.88. The predicted molar refractivity (Wildman–Crippen MR) is 78.5 cm³/mol. The van der Waals surface area contributed by atoms with E-state index in [2.05, 4.69) is 0 Å². The molecule has 3 rings (SSSR count). The lowest BCUT2D eigenvalue weighted by atomic mass is 10.1. The van der Waals surface area contributed by atoms with E-state index < -0.39 is 11.2 Å². The third kappa shape index (κ3) is 2.34. The molecule has 3 N–H and O–H groups in total. The fraction of sp³-hybridized carbons (Fsp3) is 0.308. The van der Waals surface area contributed by atoms with Crippen LogP contribution in [0.1, 0.15) is 11.3 Å². The number of carbonyl (C=O) groups is 3. The van der Waals surface area contributed by atoms with Gasteiger partial charge in [-0.15, -0.1) is 23.1 Å². The summed E-state index contributed by atoms with van der Waals surface area (Å²) in [6, 6.07) is 3.71. The van der Waals surface area contributed by atoms with Crippen molar-refractivity contribution in [2.45, 2.75) is 23.5 Å². The first-order valence-corrected chi connectivity index (χ1v) is 8.07. The Morgan fingerprint density at radius 2 is 2.24 bits per heavy atom. The summed E-state index contributed by atoms with van der Waals surface area (Å²) >= 11 is 2.73. The van der Waals surface area contributed by atoms with Gasteiger partial charge in [0, 0.05) is 11.3 Å². The normalized spacial score (nSPS) is 24.6. The number of amides is 1. The summed E-state index contributed by atoms with van der Waals surface area (Å²) in [5, 5.41) is 10.1.